The number of nitrogens with zero attached hydrogens (tertiary/aromatic N) is 1. The minimum absolute atomic E-state index is 0.0451. The number of hydrogen-bond donors (Lipinski definition) is 0. The van der Waals surface area contributed by atoms with Crippen molar-refractivity contribution in [3.05, 3.63) is 12.2 Å². The molecule has 2 aliphatic rings. The summed E-state index contributed by atoms with van der Waals surface area (Å²) in [6.07, 6.45) is 4.86. The van der Waals surface area contributed by atoms with Gasteiger partial charge in [-0.15, -0.1) is 0 Å². The second-order valence-electron chi connectivity index (χ2n) is 6.72. The minimum atomic E-state index is -0.564. The third-order valence-electron chi connectivity index (χ3n) is 4.66. The van der Waals surface area contributed by atoms with Gasteiger partial charge in [0, 0.05) is 26.0 Å². The van der Waals surface area contributed by atoms with Gasteiger partial charge in [-0.3, -0.25) is 9.59 Å². The third kappa shape index (κ3) is 5.04. The van der Waals surface area contributed by atoms with Crippen molar-refractivity contribution in [1.29, 1.82) is 0 Å². The van der Waals surface area contributed by atoms with Crippen LogP contribution in [0.1, 0.15) is 33.1 Å². The second kappa shape index (κ2) is 8.99. The Morgan fingerprint density at radius 3 is 2.56 bits per heavy atom. The van der Waals surface area contributed by atoms with E-state index < -0.39 is 23.9 Å². The van der Waals surface area contributed by atoms with Crippen LogP contribution < -0.4 is 0 Å². The second-order valence-corrected chi connectivity index (χ2v) is 6.72. The van der Waals surface area contributed by atoms with Gasteiger partial charge in [-0.2, -0.15) is 0 Å². The van der Waals surface area contributed by atoms with E-state index in [1.807, 2.05) is 13.0 Å². The molecule has 7 heteroatoms. The molecule has 1 saturated heterocycles. The number of esters is 2. The zero-order valence-corrected chi connectivity index (χ0v) is 15.1. The van der Waals surface area contributed by atoms with Crippen molar-refractivity contribution in [3.8, 4) is 0 Å². The number of fused-ring (bicyclic) bond motifs is 1. The Bertz CT molecular complexity index is 532. The number of cyclic esters (lactones) is 2. The normalized spacial score (nSPS) is 32.4. The van der Waals surface area contributed by atoms with Gasteiger partial charge in [0.1, 0.15) is 12.6 Å². The molecule has 0 spiro atoms. The van der Waals surface area contributed by atoms with E-state index in [-0.39, 0.29) is 37.6 Å². The average molecular weight is 353 g/mol. The predicted molar refractivity (Wildman–Crippen MR) is 89.5 cm³/mol. The fourth-order valence-corrected chi connectivity index (χ4v) is 3.05. The van der Waals surface area contributed by atoms with Gasteiger partial charge in [0.2, 0.25) is 5.91 Å². The molecule has 0 aromatic rings. The van der Waals surface area contributed by atoms with Gasteiger partial charge in [0.05, 0.1) is 18.6 Å². The first-order valence-electron chi connectivity index (χ1n) is 8.76. The summed E-state index contributed by atoms with van der Waals surface area (Å²) in [4.78, 5) is 38.3. The summed E-state index contributed by atoms with van der Waals surface area (Å²) in [5, 5.41) is 0. The van der Waals surface area contributed by atoms with Crippen molar-refractivity contribution in [2.45, 2.75) is 45.3 Å². The fourth-order valence-electron chi connectivity index (χ4n) is 3.05. The van der Waals surface area contributed by atoms with Crippen molar-refractivity contribution in [3.63, 3.8) is 0 Å². The van der Waals surface area contributed by atoms with Gasteiger partial charge >= 0.3 is 11.9 Å². The minimum Gasteiger partial charge on any atom is -0.465 e. The molecule has 2 rings (SSSR count). The standard InChI is InChI=1S/C18H27NO6/c1-12-10-24-17(21)13(2)11-25-18(22)14-6-5-9-19(14)16(20)8-4-7-15(12)23-3/h4,7,12-15H,5-6,8-11H2,1-3H3/t12-,13-,14+,15-/m1/s1. The highest BCUT2D eigenvalue weighted by Crippen LogP contribution is 2.21. The highest BCUT2D eigenvalue weighted by Gasteiger charge is 2.35. The Hall–Kier alpha value is -1.89. The van der Waals surface area contributed by atoms with Crippen LogP contribution in [-0.2, 0) is 28.6 Å². The molecule has 0 unspecified atom stereocenters. The zero-order valence-electron chi connectivity index (χ0n) is 15.1. The lowest BCUT2D eigenvalue weighted by molar-refractivity contribution is -0.159. The molecule has 0 radical (unpaired) electrons. The lowest BCUT2D eigenvalue weighted by atomic mass is 10.0. The summed E-state index contributed by atoms with van der Waals surface area (Å²) in [5.74, 6) is -1.57. The number of ether oxygens (including phenoxy) is 3. The maximum absolute atomic E-state index is 12.4. The number of rotatable bonds is 1. The molecule has 140 valence electrons. The van der Waals surface area contributed by atoms with E-state index in [2.05, 4.69) is 0 Å². The van der Waals surface area contributed by atoms with Crippen molar-refractivity contribution >= 4 is 17.8 Å². The molecule has 2 aliphatic heterocycles. The third-order valence-corrected chi connectivity index (χ3v) is 4.66. The summed E-state index contributed by atoms with van der Waals surface area (Å²) in [5.41, 5.74) is 0. The van der Waals surface area contributed by atoms with Gasteiger partial charge in [0.25, 0.3) is 0 Å². The van der Waals surface area contributed by atoms with Crippen LogP contribution in [0.2, 0.25) is 0 Å². The highest BCUT2D eigenvalue weighted by atomic mass is 16.6. The van der Waals surface area contributed by atoms with E-state index in [0.29, 0.717) is 13.0 Å². The first kappa shape index (κ1) is 19.4. The van der Waals surface area contributed by atoms with E-state index in [0.717, 1.165) is 6.42 Å². The molecule has 0 bridgehead atoms. The summed E-state index contributed by atoms with van der Waals surface area (Å²) < 4.78 is 16.0. The Labute approximate surface area is 148 Å². The smallest absolute Gasteiger partial charge is 0.328 e. The number of carbonyl (C=O) groups excluding carboxylic acids is 3. The molecule has 4 atom stereocenters. The monoisotopic (exact) mass is 353 g/mol. The molecule has 1 amide bonds. The van der Waals surface area contributed by atoms with Crippen LogP contribution >= 0.6 is 0 Å². The van der Waals surface area contributed by atoms with Crippen LogP contribution in [-0.4, -0.2) is 61.8 Å². The van der Waals surface area contributed by atoms with Gasteiger partial charge in [0.15, 0.2) is 0 Å². The number of carbonyl (C=O) groups is 3. The van der Waals surface area contributed by atoms with E-state index in [1.54, 1.807) is 25.0 Å². The molecule has 2 heterocycles. The first-order chi connectivity index (χ1) is 11.9. The van der Waals surface area contributed by atoms with Gasteiger partial charge < -0.3 is 19.1 Å². The van der Waals surface area contributed by atoms with Crippen LogP contribution in [0.5, 0.6) is 0 Å². The number of methoxy groups -OCH3 is 1. The molecule has 1 fully saturated rings. The Balaban J connectivity index is 2.16. The van der Waals surface area contributed by atoms with Crippen molar-refractivity contribution in [1.82, 2.24) is 4.90 Å². The van der Waals surface area contributed by atoms with Crippen LogP contribution in [0.25, 0.3) is 0 Å². The molecule has 0 saturated carbocycles. The van der Waals surface area contributed by atoms with E-state index in [9.17, 15) is 14.4 Å². The maximum atomic E-state index is 12.4. The predicted octanol–water partition coefficient (Wildman–Crippen LogP) is 1.31. The van der Waals surface area contributed by atoms with Crippen molar-refractivity contribution in [2.24, 2.45) is 11.8 Å². The van der Waals surface area contributed by atoms with E-state index >= 15 is 0 Å². The molecule has 7 nitrogen and oxygen atoms in total. The Morgan fingerprint density at radius 1 is 1.12 bits per heavy atom. The number of hydrogen-bond acceptors (Lipinski definition) is 6. The quantitative estimate of drug-likeness (QED) is 0.522. The first-order valence-corrected chi connectivity index (χ1v) is 8.76. The molecule has 0 aromatic carbocycles. The summed E-state index contributed by atoms with van der Waals surface area (Å²) in [6.45, 7) is 4.27. The summed E-state index contributed by atoms with van der Waals surface area (Å²) in [7, 11) is 1.58. The highest BCUT2D eigenvalue weighted by molar-refractivity contribution is 5.86. The zero-order chi connectivity index (χ0) is 18.4. The average Bonchev–Trinajstić information content (AvgIpc) is 3.09. The van der Waals surface area contributed by atoms with Gasteiger partial charge in [-0.25, -0.2) is 4.79 Å². The maximum Gasteiger partial charge on any atom is 0.328 e. The molecule has 0 aliphatic carbocycles. The van der Waals surface area contributed by atoms with Crippen molar-refractivity contribution in [2.75, 3.05) is 26.9 Å². The molecule has 25 heavy (non-hydrogen) atoms. The fraction of sp³-hybridized carbons (Fsp3) is 0.722. The summed E-state index contributed by atoms with van der Waals surface area (Å²) >= 11 is 0. The SMILES string of the molecule is CO[C@@H]1C=CCC(=O)N2CCC[C@H]2C(=O)OC[C@@H](C)C(=O)OC[C@H]1C. The Morgan fingerprint density at radius 2 is 1.84 bits per heavy atom. The van der Waals surface area contributed by atoms with Crippen LogP contribution in [0, 0.1) is 11.8 Å². The van der Waals surface area contributed by atoms with Crippen LogP contribution in [0.3, 0.4) is 0 Å². The van der Waals surface area contributed by atoms with E-state index in [1.165, 1.54) is 0 Å². The van der Waals surface area contributed by atoms with Gasteiger partial charge in [-0.05, 0) is 19.8 Å². The van der Waals surface area contributed by atoms with Crippen LogP contribution in [0.15, 0.2) is 12.2 Å². The molecule has 0 aromatic heterocycles. The molecular weight excluding hydrogens is 326 g/mol. The Kier molecular flexibility index (Phi) is 6.99. The largest absolute Gasteiger partial charge is 0.465 e. The lowest BCUT2D eigenvalue weighted by Crippen LogP contribution is -2.41. The molecular formula is C18H27NO6. The summed E-state index contributed by atoms with van der Waals surface area (Å²) in [6, 6.07) is -0.564. The van der Waals surface area contributed by atoms with Crippen molar-refractivity contribution < 1.29 is 28.6 Å². The van der Waals surface area contributed by atoms with Crippen LogP contribution in [0.4, 0.5) is 0 Å². The molecule has 0 N–H and O–H groups in total. The lowest BCUT2D eigenvalue weighted by Gasteiger charge is -2.23. The topological polar surface area (TPSA) is 82.1 Å². The number of amides is 1. The van der Waals surface area contributed by atoms with E-state index in [4.69, 9.17) is 14.2 Å². The van der Waals surface area contributed by atoms with Gasteiger partial charge in [-0.1, -0.05) is 19.1 Å².